The number of fused-ring (bicyclic) bond motifs is 6. The molecule has 2 N–H and O–H groups in total. The zero-order valence-corrected chi connectivity index (χ0v) is 19.3. The van der Waals surface area contributed by atoms with Crippen molar-refractivity contribution in [3.05, 3.63) is 78.9 Å². The molecule has 0 spiro atoms. The fourth-order valence-corrected chi connectivity index (χ4v) is 7.27. The third kappa shape index (κ3) is 3.05. The zero-order chi connectivity index (χ0) is 21.1. The van der Waals surface area contributed by atoms with Crippen LogP contribution in [0.2, 0.25) is 0 Å². The highest BCUT2D eigenvalue weighted by atomic mass is 79.9. The first kappa shape index (κ1) is 19.5. The van der Waals surface area contributed by atoms with E-state index < -0.39 is 0 Å². The number of nitrogens with zero attached hydrogens (tertiary/aromatic N) is 1. The van der Waals surface area contributed by atoms with E-state index >= 15 is 0 Å². The zero-order valence-electron chi connectivity index (χ0n) is 16.9. The van der Waals surface area contributed by atoms with Gasteiger partial charge < -0.3 is 10.3 Å². The summed E-state index contributed by atoms with van der Waals surface area (Å²) in [5.41, 5.74) is 3.00. The summed E-state index contributed by atoms with van der Waals surface area (Å²) >= 11 is 5.18. The maximum atomic E-state index is 13.2. The van der Waals surface area contributed by atoms with E-state index in [1.54, 1.807) is 0 Å². The van der Waals surface area contributed by atoms with Crippen molar-refractivity contribution in [3.63, 3.8) is 0 Å². The Morgan fingerprint density at radius 2 is 2.00 bits per heavy atom. The third-order valence-electron chi connectivity index (χ3n) is 7.04. The molecule has 1 aliphatic carbocycles. The van der Waals surface area contributed by atoms with Crippen molar-refractivity contribution in [2.45, 2.75) is 37.8 Å². The number of hydrogen-bond donors (Lipinski definition) is 2. The maximum absolute atomic E-state index is 13.2. The second kappa shape index (κ2) is 7.43. The Morgan fingerprint density at radius 3 is 2.90 bits per heavy atom. The van der Waals surface area contributed by atoms with Gasteiger partial charge in [0.25, 0.3) is 5.56 Å². The molecule has 2 aromatic carbocycles. The Morgan fingerprint density at radius 1 is 1.13 bits per heavy atom. The quantitative estimate of drug-likeness (QED) is 0.443. The lowest BCUT2D eigenvalue weighted by Crippen LogP contribution is -2.37. The minimum Gasteiger partial charge on any atom is -0.313 e. The Labute approximate surface area is 191 Å². The highest BCUT2D eigenvalue weighted by Gasteiger charge is 2.40. The minimum absolute atomic E-state index is 0.179. The average molecular weight is 496 g/mol. The number of thiophene rings is 1. The first-order valence-corrected chi connectivity index (χ1v) is 12.4. The number of H-pyrrole nitrogens is 1. The van der Waals surface area contributed by atoms with E-state index in [2.05, 4.69) is 44.4 Å². The van der Waals surface area contributed by atoms with Crippen molar-refractivity contribution in [3.8, 4) is 0 Å². The first-order valence-electron chi connectivity index (χ1n) is 10.8. The van der Waals surface area contributed by atoms with Crippen molar-refractivity contribution in [1.82, 2.24) is 14.9 Å². The molecule has 158 valence electrons. The van der Waals surface area contributed by atoms with Gasteiger partial charge in [-0.05, 0) is 55.0 Å². The second-order valence-corrected chi connectivity index (χ2v) is 10.5. The number of benzene rings is 2. The molecule has 1 fully saturated rings. The van der Waals surface area contributed by atoms with Crippen LogP contribution in [0.3, 0.4) is 0 Å². The summed E-state index contributed by atoms with van der Waals surface area (Å²) < 4.78 is 4.23. The summed E-state index contributed by atoms with van der Waals surface area (Å²) in [6, 6.07) is 14.6. The summed E-state index contributed by atoms with van der Waals surface area (Å²) in [4.78, 5) is 29.0. The smallest absolute Gasteiger partial charge is 0.313 e. The van der Waals surface area contributed by atoms with Crippen LogP contribution in [0, 0.1) is 5.92 Å². The van der Waals surface area contributed by atoms with Gasteiger partial charge in [0.1, 0.15) is 4.70 Å². The number of hydrogen-bond acceptors (Lipinski definition) is 4. The van der Waals surface area contributed by atoms with Gasteiger partial charge in [-0.2, -0.15) is 0 Å². The molecule has 4 aromatic rings. The van der Waals surface area contributed by atoms with Gasteiger partial charge in [0.15, 0.2) is 0 Å². The van der Waals surface area contributed by atoms with Crippen LogP contribution < -0.4 is 16.6 Å². The Balaban J connectivity index is 1.34. The van der Waals surface area contributed by atoms with Gasteiger partial charge in [-0.15, -0.1) is 11.3 Å². The van der Waals surface area contributed by atoms with Gasteiger partial charge in [-0.25, -0.2) is 4.79 Å². The van der Waals surface area contributed by atoms with E-state index in [0.29, 0.717) is 28.6 Å². The number of halogens is 1. The molecule has 0 bridgehead atoms. The molecule has 7 heteroatoms. The van der Waals surface area contributed by atoms with Crippen LogP contribution in [-0.4, -0.2) is 22.1 Å². The highest BCUT2D eigenvalue weighted by molar-refractivity contribution is 9.10. The summed E-state index contributed by atoms with van der Waals surface area (Å²) in [6.07, 6.45) is 3.04. The molecule has 31 heavy (non-hydrogen) atoms. The summed E-state index contributed by atoms with van der Waals surface area (Å²) in [6.45, 7) is 1.42. The van der Waals surface area contributed by atoms with Crippen molar-refractivity contribution >= 4 is 47.6 Å². The molecule has 1 saturated heterocycles. The number of aromatic nitrogens is 2. The predicted molar refractivity (Wildman–Crippen MR) is 129 cm³/mol. The molecule has 3 heterocycles. The monoisotopic (exact) mass is 495 g/mol. The predicted octanol–water partition coefficient (Wildman–Crippen LogP) is 4.38. The van der Waals surface area contributed by atoms with Gasteiger partial charge in [0.05, 0.1) is 5.52 Å². The molecular formula is C24H22BrN3O2S. The number of nitrogens with one attached hydrogen (secondary N) is 2. The van der Waals surface area contributed by atoms with Gasteiger partial charge >= 0.3 is 5.69 Å². The third-order valence-corrected chi connectivity index (χ3v) is 8.94. The number of rotatable bonds is 3. The molecular weight excluding hydrogens is 474 g/mol. The van der Waals surface area contributed by atoms with Crippen LogP contribution in [0.4, 0.5) is 0 Å². The summed E-state index contributed by atoms with van der Waals surface area (Å²) in [5.74, 6) is 1.05. The lowest BCUT2D eigenvalue weighted by Gasteiger charge is -2.32. The fraction of sp³-hybridized carbons (Fsp3) is 0.333. The lowest BCUT2D eigenvalue weighted by atomic mass is 9.74. The van der Waals surface area contributed by atoms with Gasteiger partial charge in [0.2, 0.25) is 0 Å². The molecule has 3 atom stereocenters. The van der Waals surface area contributed by atoms with E-state index in [1.807, 2.05) is 24.3 Å². The van der Waals surface area contributed by atoms with Crippen LogP contribution in [0.25, 0.3) is 20.3 Å². The van der Waals surface area contributed by atoms with Gasteiger partial charge in [-0.3, -0.25) is 9.36 Å². The highest BCUT2D eigenvalue weighted by Crippen LogP contribution is 2.44. The minimum atomic E-state index is -0.317. The topological polar surface area (TPSA) is 66.9 Å². The van der Waals surface area contributed by atoms with Crippen molar-refractivity contribution < 1.29 is 0 Å². The standard InChI is InChI=1S/C24H22BrN3O2S/c25-17-6-3-5-15-14(17)9-8-13-12-26-18(20(13)15)10-11-28-23(29)22-21(27-24(28)30)16-4-1-2-7-19(16)31-22/h1-7,13,18,20,26H,8-12H2,(H,27,30)/t13-,18?,20+/m0/s1. The van der Waals surface area contributed by atoms with Crippen LogP contribution >= 0.6 is 27.3 Å². The molecule has 0 saturated carbocycles. The van der Waals surface area contributed by atoms with Gasteiger partial charge in [-0.1, -0.05) is 46.3 Å². The van der Waals surface area contributed by atoms with Crippen molar-refractivity contribution in [2.75, 3.05) is 6.54 Å². The fourth-order valence-electron chi connectivity index (χ4n) is 5.58. The van der Waals surface area contributed by atoms with Crippen molar-refractivity contribution in [2.24, 2.45) is 5.92 Å². The van der Waals surface area contributed by atoms with Crippen LogP contribution in [0.5, 0.6) is 0 Å². The van der Waals surface area contributed by atoms with E-state index in [9.17, 15) is 9.59 Å². The molecule has 2 aromatic heterocycles. The van der Waals surface area contributed by atoms with E-state index in [0.717, 1.165) is 29.5 Å². The first-order chi connectivity index (χ1) is 15.1. The molecule has 6 rings (SSSR count). The molecule has 0 radical (unpaired) electrons. The van der Waals surface area contributed by atoms with Gasteiger partial charge in [0, 0.05) is 33.1 Å². The summed E-state index contributed by atoms with van der Waals surface area (Å²) in [5, 5.41) is 4.62. The molecule has 1 aliphatic heterocycles. The Kier molecular flexibility index (Phi) is 4.67. The SMILES string of the molecule is O=c1[nH]c2c(sc3ccccc32)c(=O)n1CCC1NC[C@@H]2CCc3c(Br)cccc3[C@H]12. The molecule has 2 aliphatic rings. The molecule has 0 amide bonds. The Bertz CT molecular complexity index is 1440. The van der Waals surface area contributed by atoms with E-state index in [-0.39, 0.29) is 17.3 Å². The lowest BCUT2D eigenvalue weighted by molar-refractivity contribution is 0.390. The maximum Gasteiger partial charge on any atom is 0.328 e. The van der Waals surface area contributed by atoms with Crippen LogP contribution in [0.1, 0.15) is 29.9 Å². The summed E-state index contributed by atoms with van der Waals surface area (Å²) in [7, 11) is 0. The van der Waals surface area contributed by atoms with E-state index in [4.69, 9.17) is 0 Å². The Hall–Kier alpha value is -2.22. The average Bonchev–Trinajstić information content (AvgIpc) is 3.36. The van der Waals surface area contributed by atoms with Crippen LogP contribution in [-0.2, 0) is 13.0 Å². The largest absolute Gasteiger partial charge is 0.328 e. The normalized spacial score (nSPS) is 22.7. The molecule has 1 unspecified atom stereocenters. The van der Waals surface area contributed by atoms with E-state index in [1.165, 1.54) is 37.9 Å². The second-order valence-electron chi connectivity index (χ2n) is 8.62. The number of aromatic amines is 1. The van der Waals surface area contributed by atoms with Crippen molar-refractivity contribution in [1.29, 1.82) is 0 Å². The molecule has 5 nitrogen and oxygen atoms in total. The van der Waals surface area contributed by atoms with Crippen LogP contribution in [0.15, 0.2) is 56.5 Å².